The number of hydrogen-bond donors (Lipinski definition) is 1. The van der Waals surface area contributed by atoms with Crippen LogP contribution in [0.5, 0.6) is 0 Å². The molecule has 0 spiro atoms. The maximum atomic E-state index is 13.6. The van der Waals surface area contributed by atoms with Gasteiger partial charge in [0.05, 0.1) is 11.2 Å². The van der Waals surface area contributed by atoms with Crippen LogP contribution in [0.1, 0.15) is 11.1 Å². The highest BCUT2D eigenvalue weighted by molar-refractivity contribution is 7.08. The fraction of sp³-hybridized carbons (Fsp3) is 0.136. The number of thiophene rings is 1. The third kappa shape index (κ3) is 4.21. The topological polar surface area (TPSA) is 24.9 Å². The van der Waals surface area contributed by atoms with Gasteiger partial charge in [-0.2, -0.15) is 11.3 Å². The minimum atomic E-state index is -0.285. The van der Waals surface area contributed by atoms with Crippen LogP contribution in [-0.2, 0) is 13.0 Å². The summed E-state index contributed by atoms with van der Waals surface area (Å²) in [5.41, 5.74) is 4.58. The van der Waals surface area contributed by atoms with Crippen LogP contribution in [0.25, 0.3) is 22.2 Å². The van der Waals surface area contributed by atoms with Crippen molar-refractivity contribution in [3.63, 3.8) is 0 Å². The highest BCUT2D eigenvalue weighted by Gasteiger charge is 2.10. The van der Waals surface area contributed by atoms with E-state index in [1.165, 1.54) is 18.2 Å². The van der Waals surface area contributed by atoms with Crippen molar-refractivity contribution in [2.24, 2.45) is 0 Å². The first-order valence-corrected chi connectivity index (χ1v) is 9.70. The van der Waals surface area contributed by atoms with Gasteiger partial charge in [0.25, 0.3) is 0 Å². The van der Waals surface area contributed by atoms with Crippen molar-refractivity contribution in [2.45, 2.75) is 13.0 Å². The van der Waals surface area contributed by atoms with Crippen molar-refractivity contribution in [3.8, 4) is 11.3 Å². The monoisotopic (exact) mass is 380 g/mol. The highest BCUT2D eigenvalue weighted by atomic mass is 32.1. The van der Waals surface area contributed by atoms with E-state index in [0.29, 0.717) is 12.1 Å². The van der Waals surface area contributed by atoms with Crippen LogP contribution >= 0.6 is 11.3 Å². The van der Waals surface area contributed by atoms with Gasteiger partial charge in [-0.25, -0.2) is 13.8 Å². The molecule has 2 nitrogen and oxygen atoms in total. The lowest BCUT2D eigenvalue weighted by Gasteiger charge is -2.11. The summed E-state index contributed by atoms with van der Waals surface area (Å²) >= 11 is 1.61. The third-order valence-corrected chi connectivity index (χ3v) is 5.13. The predicted octanol–water partition coefficient (Wildman–Crippen LogP) is 5.57. The summed E-state index contributed by atoms with van der Waals surface area (Å²) in [5, 5.41) is 8.38. The minimum Gasteiger partial charge on any atom is -0.312 e. The van der Waals surface area contributed by atoms with Crippen molar-refractivity contribution in [1.29, 1.82) is 0 Å². The average molecular weight is 380 g/mol. The first-order valence-electron chi connectivity index (χ1n) is 8.76. The fourth-order valence-electron chi connectivity index (χ4n) is 3.12. The van der Waals surface area contributed by atoms with Crippen molar-refractivity contribution >= 4 is 22.2 Å². The Morgan fingerprint density at radius 3 is 2.67 bits per heavy atom. The number of fused-ring (bicyclic) bond motifs is 1. The molecule has 0 amide bonds. The summed E-state index contributed by atoms with van der Waals surface area (Å²) < 4.78 is 26.8. The van der Waals surface area contributed by atoms with Gasteiger partial charge in [-0.05, 0) is 65.9 Å². The van der Waals surface area contributed by atoms with Gasteiger partial charge in [0.2, 0.25) is 0 Å². The lowest BCUT2D eigenvalue weighted by Crippen LogP contribution is -2.17. The molecule has 0 fully saturated rings. The van der Waals surface area contributed by atoms with Gasteiger partial charge in [0.1, 0.15) is 11.6 Å². The van der Waals surface area contributed by atoms with Crippen LogP contribution in [0.2, 0.25) is 0 Å². The van der Waals surface area contributed by atoms with E-state index < -0.39 is 0 Å². The van der Waals surface area contributed by atoms with E-state index in [4.69, 9.17) is 4.98 Å². The first-order chi connectivity index (χ1) is 13.2. The molecule has 0 bridgehead atoms. The number of nitrogens with zero attached hydrogens (tertiary/aromatic N) is 1. The van der Waals surface area contributed by atoms with Gasteiger partial charge < -0.3 is 5.32 Å². The second-order valence-corrected chi connectivity index (χ2v) is 7.18. The number of benzene rings is 2. The molecule has 2 heterocycles. The summed E-state index contributed by atoms with van der Waals surface area (Å²) in [6, 6.07) is 15.4. The van der Waals surface area contributed by atoms with Gasteiger partial charge in [0, 0.05) is 28.9 Å². The number of aromatic nitrogens is 1. The number of rotatable bonds is 6. The molecule has 0 saturated heterocycles. The molecule has 136 valence electrons. The predicted molar refractivity (Wildman–Crippen MR) is 107 cm³/mol. The summed E-state index contributed by atoms with van der Waals surface area (Å²) in [6.07, 6.45) is 0.748. The van der Waals surface area contributed by atoms with E-state index in [1.54, 1.807) is 29.5 Å². The zero-order chi connectivity index (χ0) is 18.6. The van der Waals surface area contributed by atoms with Gasteiger partial charge >= 0.3 is 0 Å². The van der Waals surface area contributed by atoms with Crippen molar-refractivity contribution in [2.75, 3.05) is 6.54 Å². The van der Waals surface area contributed by atoms with Crippen molar-refractivity contribution in [3.05, 3.63) is 88.1 Å². The Hall–Kier alpha value is -2.63. The normalized spacial score (nSPS) is 11.2. The second-order valence-electron chi connectivity index (χ2n) is 6.40. The molecule has 2 aromatic carbocycles. The SMILES string of the molecule is Fc1cccc(CCNCc2cc3ccc(F)cc3nc2-c2ccsc2)c1. The molecule has 0 aliphatic heterocycles. The van der Waals surface area contributed by atoms with E-state index in [9.17, 15) is 8.78 Å². The smallest absolute Gasteiger partial charge is 0.125 e. The maximum absolute atomic E-state index is 13.6. The van der Waals surface area contributed by atoms with Gasteiger partial charge in [-0.15, -0.1) is 0 Å². The minimum absolute atomic E-state index is 0.210. The van der Waals surface area contributed by atoms with Crippen LogP contribution in [0.15, 0.2) is 65.4 Å². The molecule has 4 rings (SSSR count). The summed E-state index contributed by atoms with van der Waals surface area (Å²) in [7, 11) is 0. The van der Waals surface area contributed by atoms with E-state index in [2.05, 4.69) is 11.4 Å². The number of halogens is 2. The van der Waals surface area contributed by atoms with Crippen LogP contribution in [0.4, 0.5) is 8.78 Å². The number of pyridine rings is 1. The quantitative estimate of drug-likeness (QED) is 0.442. The largest absolute Gasteiger partial charge is 0.312 e. The Morgan fingerprint density at radius 2 is 1.85 bits per heavy atom. The van der Waals surface area contributed by atoms with Gasteiger partial charge in [0.15, 0.2) is 0 Å². The summed E-state index contributed by atoms with van der Waals surface area (Å²) in [5.74, 6) is -0.495. The molecule has 27 heavy (non-hydrogen) atoms. The number of hydrogen-bond acceptors (Lipinski definition) is 3. The zero-order valence-electron chi connectivity index (χ0n) is 14.6. The summed E-state index contributed by atoms with van der Waals surface area (Å²) in [4.78, 5) is 4.70. The Bertz CT molecular complexity index is 1060. The average Bonchev–Trinajstić information content (AvgIpc) is 3.19. The molecule has 4 aromatic rings. The number of nitrogens with one attached hydrogen (secondary N) is 1. The van der Waals surface area contributed by atoms with Crippen LogP contribution < -0.4 is 5.32 Å². The molecule has 0 aliphatic carbocycles. The molecular weight excluding hydrogens is 362 g/mol. The Labute approximate surface area is 160 Å². The second kappa shape index (κ2) is 7.94. The molecule has 0 unspecified atom stereocenters. The van der Waals surface area contributed by atoms with Crippen LogP contribution in [0.3, 0.4) is 0 Å². The lowest BCUT2D eigenvalue weighted by molar-refractivity contribution is 0.622. The molecule has 0 saturated carbocycles. The molecule has 1 N–H and O–H groups in total. The fourth-order valence-corrected chi connectivity index (χ4v) is 3.76. The lowest BCUT2D eigenvalue weighted by atomic mass is 10.0. The van der Waals surface area contributed by atoms with E-state index >= 15 is 0 Å². The molecule has 0 atom stereocenters. The van der Waals surface area contributed by atoms with Gasteiger partial charge in [-0.1, -0.05) is 12.1 Å². The van der Waals surface area contributed by atoms with E-state index in [-0.39, 0.29) is 11.6 Å². The Morgan fingerprint density at radius 1 is 0.963 bits per heavy atom. The summed E-state index contributed by atoms with van der Waals surface area (Å²) in [6.45, 7) is 1.37. The Kier molecular flexibility index (Phi) is 5.23. The molecule has 5 heteroatoms. The molecular formula is C22H18F2N2S. The molecule has 0 radical (unpaired) electrons. The zero-order valence-corrected chi connectivity index (χ0v) is 15.4. The third-order valence-electron chi connectivity index (χ3n) is 4.45. The van der Waals surface area contributed by atoms with Crippen LogP contribution in [0, 0.1) is 11.6 Å². The van der Waals surface area contributed by atoms with E-state index in [1.807, 2.05) is 22.9 Å². The van der Waals surface area contributed by atoms with Gasteiger partial charge in [-0.3, -0.25) is 0 Å². The highest BCUT2D eigenvalue weighted by Crippen LogP contribution is 2.27. The molecule has 0 aliphatic rings. The van der Waals surface area contributed by atoms with Crippen LogP contribution in [-0.4, -0.2) is 11.5 Å². The standard InChI is InChI=1S/C22H18F2N2S/c23-19-3-1-2-15(10-19)6-8-25-13-18-11-16-4-5-20(24)12-21(16)26-22(18)17-7-9-27-14-17/h1-5,7,9-12,14,25H,6,8,13H2. The Balaban J connectivity index is 1.54. The first kappa shape index (κ1) is 17.8. The van der Waals surface area contributed by atoms with E-state index in [0.717, 1.165) is 40.7 Å². The van der Waals surface area contributed by atoms with Crippen molar-refractivity contribution < 1.29 is 8.78 Å². The molecule has 2 aromatic heterocycles. The maximum Gasteiger partial charge on any atom is 0.125 e. The van der Waals surface area contributed by atoms with Crippen molar-refractivity contribution in [1.82, 2.24) is 10.3 Å².